The summed E-state index contributed by atoms with van der Waals surface area (Å²) in [5.74, 6) is -0.600. The molecular formula is C20H19NO5. The Bertz CT molecular complexity index is 918. The van der Waals surface area contributed by atoms with Gasteiger partial charge in [-0.25, -0.2) is 4.79 Å². The molecule has 0 atom stereocenters. The summed E-state index contributed by atoms with van der Waals surface area (Å²) in [5.41, 5.74) is 2.37. The fraction of sp³-hybridized carbons (Fsp3) is 0.150. The topological polar surface area (TPSA) is 94.1 Å². The van der Waals surface area contributed by atoms with Gasteiger partial charge in [-0.05, 0) is 60.5 Å². The number of anilines is 1. The normalized spacial score (nSPS) is 10.7. The second-order valence-electron chi connectivity index (χ2n) is 6.05. The predicted molar refractivity (Wildman–Crippen MR) is 96.5 cm³/mol. The van der Waals surface area contributed by atoms with E-state index >= 15 is 0 Å². The van der Waals surface area contributed by atoms with Gasteiger partial charge in [0, 0.05) is 12.2 Å². The molecule has 0 aliphatic heterocycles. The second-order valence-corrected chi connectivity index (χ2v) is 6.05. The molecule has 3 N–H and O–H groups in total. The summed E-state index contributed by atoms with van der Waals surface area (Å²) >= 11 is 0. The maximum absolute atomic E-state index is 11.3. The number of carboxylic acids is 1. The van der Waals surface area contributed by atoms with Crippen LogP contribution in [0.5, 0.6) is 11.5 Å². The quantitative estimate of drug-likeness (QED) is 0.622. The summed E-state index contributed by atoms with van der Waals surface area (Å²) in [4.78, 5) is 13.3. The van der Waals surface area contributed by atoms with Gasteiger partial charge < -0.3 is 24.6 Å². The third-order valence-corrected chi connectivity index (χ3v) is 4.20. The van der Waals surface area contributed by atoms with Crippen LogP contribution in [0.1, 0.15) is 27.2 Å². The summed E-state index contributed by atoms with van der Waals surface area (Å²) < 4.78 is 5.42. The largest absolute Gasteiger partial charge is 0.508 e. The number of carbonyl (C=O) groups is 1. The minimum absolute atomic E-state index is 0.167. The molecule has 0 bridgehead atoms. The Kier molecular flexibility index (Phi) is 4.84. The Balaban J connectivity index is 1.99. The molecule has 6 heteroatoms. The fourth-order valence-electron chi connectivity index (χ4n) is 2.76. The number of phenols is 2. The highest BCUT2D eigenvalue weighted by molar-refractivity contribution is 5.92. The summed E-state index contributed by atoms with van der Waals surface area (Å²) in [6.45, 7) is 2.79. The van der Waals surface area contributed by atoms with Crippen molar-refractivity contribution in [3.63, 3.8) is 0 Å². The third-order valence-electron chi connectivity index (χ3n) is 4.20. The molecule has 0 saturated carbocycles. The number of benzene rings is 2. The van der Waals surface area contributed by atoms with E-state index in [-0.39, 0.29) is 17.1 Å². The minimum atomic E-state index is -1.20. The number of aryl methyl sites for hydroxylation is 1. The van der Waals surface area contributed by atoms with Crippen LogP contribution in [0.3, 0.4) is 0 Å². The number of hydrogen-bond acceptors (Lipinski definition) is 5. The van der Waals surface area contributed by atoms with Gasteiger partial charge in [-0.2, -0.15) is 0 Å². The van der Waals surface area contributed by atoms with Gasteiger partial charge in [0.1, 0.15) is 22.8 Å². The number of aromatic hydroxyl groups is 2. The highest BCUT2D eigenvalue weighted by Gasteiger charge is 2.16. The van der Waals surface area contributed by atoms with Crippen molar-refractivity contribution in [3.8, 4) is 11.5 Å². The van der Waals surface area contributed by atoms with Crippen LogP contribution in [0, 0.1) is 6.92 Å². The van der Waals surface area contributed by atoms with Gasteiger partial charge in [-0.15, -0.1) is 0 Å². The van der Waals surface area contributed by atoms with Crippen molar-refractivity contribution in [3.05, 3.63) is 77.2 Å². The summed E-state index contributed by atoms with van der Waals surface area (Å²) in [6, 6.07) is 13.2. The average Bonchev–Trinajstić information content (AvgIpc) is 3.11. The lowest BCUT2D eigenvalue weighted by Gasteiger charge is -2.25. The molecule has 134 valence electrons. The van der Waals surface area contributed by atoms with Crippen LogP contribution < -0.4 is 4.90 Å². The average molecular weight is 353 g/mol. The molecule has 0 fully saturated rings. The number of hydrogen-bond donors (Lipinski definition) is 3. The highest BCUT2D eigenvalue weighted by Crippen LogP contribution is 2.28. The van der Waals surface area contributed by atoms with E-state index in [4.69, 9.17) is 4.42 Å². The first-order chi connectivity index (χ1) is 12.4. The molecule has 3 rings (SSSR count). The maximum atomic E-state index is 11.3. The summed E-state index contributed by atoms with van der Waals surface area (Å²) in [5, 5.41) is 28.8. The number of phenolic OH excluding ortho intramolecular Hbond substituents is 1. The van der Waals surface area contributed by atoms with Gasteiger partial charge in [0.2, 0.25) is 0 Å². The molecular weight excluding hydrogens is 334 g/mol. The van der Waals surface area contributed by atoms with Crippen LogP contribution in [0.4, 0.5) is 5.69 Å². The van der Waals surface area contributed by atoms with Crippen LogP contribution >= 0.6 is 0 Å². The van der Waals surface area contributed by atoms with Crippen molar-refractivity contribution in [2.24, 2.45) is 0 Å². The number of furan rings is 1. The molecule has 6 nitrogen and oxygen atoms in total. The van der Waals surface area contributed by atoms with Crippen molar-refractivity contribution in [1.82, 2.24) is 0 Å². The van der Waals surface area contributed by atoms with E-state index in [9.17, 15) is 20.1 Å². The second kappa shape index (κ2) is 7.23. The Morgan fingerprint density at radius 3 is 2.58 bits per heavy atom. The molecule has 0 aliphatic carbocycles. The molecule has 0 saturated heterocycles. The van der Waals surface area contributed by atoms with Gasteiger partial charge in [0.25, 0.3) is 0 Å². The van der Waals surface area contributed by atoms with E-state index in [1.807, 2.05) is 24.0 Å². The van der Waals surface area contributed by atoms with Gasteiger partial charge in [-0.1, -0.05) is 6.07 Å². The van der Waals surface area contributed by atoms with E-state index in [0.29, 0.717) is 24.5 Å². The molecule has 0 amide bonds. The van der Waals surface area contributed by atoms with E-state index in [0.717, 1.165) is 11.1 Å². The highest BCUT2D eigenvalue weighted by atomic mass is 16.4. The lowest BCUT2D eigenvalue weighted by atomic mass is 10.1. The van der Waals surface area contributed by atoms with Crippen LogP contribution in [0.2, 0.25) is 0 Å². The van der Waals surface area contributed by atoms with E-state index < -0.39 is 5.97 Å². The Labute approximate surface area is 150 Å². The lowest BCUT2D eigenvalue weighted by Crippen LogP contribution is -2.22. The van der Waals surface area contributed by atoms with Gasteiger partial charge in [-0.3, -0.25) is 0 Å². The first kappa shape index (κ1) is 17.4. The first-order valence-electron chi connectivity index (χ1n) is 8.06. The Hall–Kier alpha value is -3.41. The minimum Gasteiger partial charge on any atom is -0.508 e. The van der Waals surface area contributed by atoms with E-state index in [1.165, 1.54) is 12.1 Å². The van der Waals surface area contributed by atoms with E-state index in [1.54, 1.807) is 30.5 Å². The molecule has 3 aromatic rings. The number of rotatable bonds is 6. The van der Waals surface area contributed by atoms with Crippen LogP contribution in [0.15, 0.2) is 59.2 Å². The molecule has 1 heterocycles. The zero-order chi connectivity index (χ0) is 18.7. The van der Waals surface area contributed by atoms with Crippen molar-refractivity contribution in [2.45, 2.75) is 20.0 Å². The Morgan fingerprint density at radius 2 is 1.88 bits per heavy atom. The van der Waals surface area contributed by atoms with Crippen LogP contribution in [-0.2, 0) is 13.1 Å². The number of carboxylic acid groups (broad SMARTS) is 1. The zero-order valence-electron chi connectivity index (χ0n) is 14.2. The number of aromatic carboxylic acids is 1. The molecule has 0 spiro atoms. The SMILES string of the molecule is Cc1ccc(O)cc1CN(Cc1ccco1)c1ccc(O)c(C(=O)O)c1. The van der Waals surface area contributed by atoms with Gasteiger partial charge in [0.05, 0.1) is 12.8 Å². The predicted octanol–water partition coefficient (Wildman–Crippen LogP) is 3.90. The van der Waals surface area contributed by atoms with Crippen LogP contribution in [0.25, 0.3) is 0 Å². The summed E-state index contributed by atoms with van der Waals surface area (Å²) in [6.07, 6.45) is 1.58. The first-order valence-corrected chi connectivity index (χ1v) is 8.06. The van der Waals surface area contributed by atoms with Gasteiger partial charge >= 0.3 is 5.97 Å². The fourth-order valence-corrected chi connectivity index (χ4v) is 2.76. The molecule has 1 aromatic heterocycles. The Morgan fingerprint density at radius 1 is 1.08 bits per heavy atom. The maximum Gasteiger partial charge on any atom is 0.339 e. The monoisotopic (exact) mass is 353 g/mol. The molecule has 0 radical (unpaired) electrons. The van der Waals surface area contributed by atoms with Crippen molar-refractivity contribution in [1.29, 1.82) is 0 Å². The number of nitrogens with zero attached hydrogens (tertiary/aromatic N) is 1. The third kappa shape index (κ3) is 3.80. The molecule has 2 aromatic carbocycles. The smallest absolute Gasteiger partial charge is 0.339 e. The van der Waals surface area contributed by atoms with Gasteiger partial charge in [0.15, 0.2) is 0 Å². The molecule has 0 unspecified atom stereocenters. The van der Waals surface area contributed by atoms with Crippen molar-refractivity contribution in [2.75, 3.05) is 4.90 Å². The summed E-state index contributed by atoms with van der Waals surface area (Å²) in [7, 11) is 0. The van der Waals surface area contributed by atoms with Crippen molar-refractivity contribution < 1.29 is 24.5 Å². The van der Waals surface area contributed by atoms with E-state index in [2.05, 4.69) is 0 Å². The lowest BCUT2D eigenvalue weighted by molar-refractivity contribution is 0.0693. The van der Waals surface area contributed by atoms with Crippen molar-refractivity contribution >= 4 is 11.7 Å². The van der Waals surface area contributed by atoms with Crippen LogP contribution in [-0.4, -0.2) is 21.3 Å². The standard InChI is InChI=1S/C20H19NO5/c1-13-4-6-16(22)9-14(13)11-21(12-17-3-2-8-26-17)15-5-7-19(23)18(10-15)20(24)25/h2-10,22-23H,11-12H2,1H3,(H,24,25). The molecule has 0 aliphatic rings. The zero-order valence-corrected chi connectivity index (χ0v) is 14.2. The molecule has 26 heavy (non-hydrogen) atoms.